The first-order valence-electron chi connectivity index (χ1n) is 6.97. The second-order valence-electron chi connectivity index (χ2n) is 5.55. The van der Waals surface area contributed by atoms with Gasteiger partial charge in [-0.2, -0.15) is 5.26 Å². The summed E-state index contributed by atoms with van der Waals surface area (Å²) < 4.78 is 5.52. The fourth-order valence-electron chi connectivity index (χ4n) is 2.88. The van der Waals surface area contributed by atoms with Crippen molar-refractivity contribution in [2.75, 3.05) is 0 Å². The summed E-state index contributed by atoms with van der Waals surface area (Å²) in [6.45, 7) is 0. The number of esters is 1. The molecule has 4 nitrogen and oxygen atoms in total. The molecule has 4 heteroatoms. The summed E-state index contributed by atoms with van der Waals surface area (Å²) in [5.41, 5.74) is 0. The van der Waals surface area contributed by atoms with Crippen LogP contribution >= 0.6 is 0 Å². The van der Waals surface area contributed by atoms with Crippen molar-refractivity contribution in [1.82, 2.24) is 0 Å². The second kappa shape index (κ2) is 6.19. The molecule has 0 saturated heterocycles. The van der Waals surface area contributed by atoms with Gasteiger partial charge >= 0.3 is 5.97 Å². The van der Waals surface area contributed by atoms with E-state index in [1.807, 2.05) is 0 Å². The van der Waals surface area contributed by atoms with Crippen molar-refractivity contribution in [2.45, 2.75) is 63.6 Å². The van der Waals surface area contributed by atoms with Gasteiger partial charge in [0.2, 0.25) is 0 Å². The Kier molecular flexibility index (Phi) is 4.60. The van der Waals surface area contributed by atoms with Crippen molar-refractivity contribution in [3.63, 3.8) is 0 Å². The number of carbonyl (C=O) groups is 1. The molecule has 2 aliphatic carbocycles. The minimum Gasteiger partial charge on any atom is -0.462 e. The van der Waals surface area contributed by atoms with Crippen LogP contribution in [0.15, 0.2) is 0 Å². The van der Waals surface area contributed by atoms with Gasteiger partial charge in [-0.1, -0.05) is 0 Å². The lowest BCUT2D eigenvalue weighted by molar-refractivity contribution is -0.157. The van der Waals surface area contributed by atoms with Crippen molar-refractivity contribution in [3.05, 3.63) is 0 Å². The average molecular weight is 251 g/mol. The van der Waals surface area contributed by atoms with Gasteiger partial charge in [0.05, 0.1) is 18.1 Å². The zero-order valence-electron chi connectivity index (χ0n) is 10.7. The highest BCUT2D eigenvalue weighted by Gasteiger charge is 2.30. The summed E-state index contributed by atoms with van der Waals surface area (Å²) in [5.74, 6) is 0.0214. The second-order valence-corrected chi connectivity index (χ2v) is 5.55. The third-order valence-electron chi connectivity index (χ3n) is 4.17. The summed E-state index contributed by atoms with van der Waals surface area (Å²) in [7, 11) is 0. The minimum absolute atomic E-state index is 0.00501. The lowest BCUT2D eigenvalue weighted by Crippen LogP contribution is -2.31. The first-order chi connectivity index (χ1) is 8.69. The van der Waals surface area contributed by atoms with E-state index < -0.39 is 0 Å². The predicted molar refractivity (Wildman–Crippen MR) is 65.4 cm³/mol. The van der Waals surface area contributed by atoms with Crippen molar-refractivity contribution in [3.8, 4) is 6.07 Å². The van der Waals surface area contributed by atoms with E-state index >= 15 is 0 Å². The summed E-state index contributed by atoms with van der Waals surface area (Å²) in [4.78, 5) is 12.0. The summed E-state index contributed by atoms with van der Waals surface area (Å²) in [6.07, 6.45) is 6.01. The number of carbonyl (C=O) groups excluding carboxylic acids is 1. The van der Waals surface area contributed by atoms with Gasteiger partial charge in [0.1, 0.15) is 6.10 Å². The Bertz CT molecular complexity index is 320. The van der Waals surface area contributed by atoms with Crippen LogP contribution in [0, 0.1) is 23.2 Å². The quantitative estimate of drug-likeness (QED) is 0.763. The molecule has 0 aliphatic heterocycles. The van der Waals surface area contributed by atoms with Crippen LogP contribution in [-0.4, -0.2) is 23.3 Å². The Hall–Kier alpha value is -1.08. The lowest BCUT2D eigenvalue weighted by atomic mass is 9.83. The third kappa shape index (κ3) is 3.46. The number of ether oxygens (including phenoxy) is 1. The van der Waals surface area contributed by atoms with E-state index in [-0.39, 0.29) is 30.0 Å². The number of aliphatic hydroxyl groups is 1. The molecule has 2 aliphatic rings. The van der Waals surface area contributed by atoms with Gasteiger partial charge in [-0.15, -0.1) is 0 Å². The molecule has 0 spiro atoms. The van der Waals surface area contributed by atoms with Gasteiger partial charge < -0.3 is 9.84 Å². The third-order valence-corrected chi connectivity index (χ3v) is 4.17. The fourth-order valence-corrected chi connectivity index (χ4v) is 2.88. The largest absolute Gasteiger partial charge is 0.462 e. The summed E-state index contributed by atoms with van der Waals surface area (Å²) in [6, 6.07) is 2.27. The van der Waals surface area contributed by atoms with E-state index in [1.54, 1.807) is 0 Å². The van der Waals surface area contributed by atoms with Gasteiger partial charge in [-0.25, -0.2) is 0 Å². The number of nitrogens with zero attached hydrogens (tertiary/aromatic N) is 1. The highest BCUT2D eigenvalue weighted by atomic mass is 16.5. The van der Waals surface area contributed by atoms with Gasteiger partial charge in [-0.3, -0.25) is 4.79 Å². The first kappa shape index (κ1) is 13.4. The van der Waals surface area contributed by atoms with Crippen LogP contribution in [0.5, 0.6) is 0 Å². The van der Waals surface area contributed by atoms with Gasteiger partial charge in [-0.05, 0) is 51.4 Å². The van der Waals surface area contributed by atoms with E-state index in [4.69, 9.17) is 10.00 Å². The Morgan fingerprint density at radius 2 is 1.67 bits per heavy atom. The van der Waals surface area contributed by atoms with E-state index in [0.717, 1.165) is 51.4 Å². The smallest absolute Gasteiger partial charge is 0.309 e. The van der Waals surface area contributed by atoms with E-state index in [2.05, 4.69) is 6.07 Å². The highest BCUT2D eigenvalue weighted by molar-refractivity contribution is 5.72. The molecule has 0 unspecified atom stereocenters. The first-order valence-corrected chi connectivity index (χ1v) is 6.97. The van der Waals surface area contributed by atoms with Crippen molar-refractivity contribution in [2.24, 2.45) is 11.8 Å². The molecule has 0 amide bonds. The van der Waals surface area contributed by atoms with Crippen LogP contribution in [0.3, 0.4) is 0 Å². The molecule has 100 valence electrons. The fraction of sp³-hybridized carbons (Fsp3) is 0.857. The highest BCUT2D eigenvalue weighted by Crippen LogP contribution is 2.30. The van der Waals surface area contributed by atoms with Crippen molar-refractivity contribution >= 4 is 5.97 Å². The molecular weight excluding hydrogens is 230 g/mol. The molecular formula is C14H21NO3. The molecule has 0 atom stereocenters. The molecule has 1 N–H and O–H groups in total. The molecule has 0 aromatic rings. The van der Waals surface area contributed by atoms with Crippen molar-refractivity contribution < 1.29 is 14.6 Å². The molecule has 2 saturated carbocycles. The zero-order chi connectivity index (χ0) is 13.0. The summed E-state index contributed by atoms with van der Waals surface area (Å²) >= 11 is 0. The van der Waals surface area contributed by atoms with Crippen LogP contribution in [0.4, 0.5) is 0 Å². The van der Waals surface area contributed by atoms with Crippen LogP contribution in [0.25, 0.3) is 0 Å². The number of aliphatic hydroxyl groups excluding tert-OH is 1. The van der Waals surface area contributed by atoms with Crippen molar-refractivity contribution in [1.29, 1.82) is 5.26 Å². The maximum absolute atomic E-state index is 12.0. The molecule has 0 aromatic heterocycles. The normalized spacial score (nSPS) is 36.7. The number of hydrogen-bond acceptors (Lipinski definition) is 4. The van der Waals surface area contributed by atoms with Crippen LogP contribution < -0.4 is 0 Å². The summed E-state index contributed by atoms with van der Waals surface area (Å²) in [5, 5.41) is 18.2. The molecule has 2 rings (SSSR count). The van der Waals surface area contributed by atoms with E-state index in [9.17, 15) is 9.90 Å². The van der Waals surface area contributed by atoms with Gasteiger partial charge in [0.25, 0.3) is 0 Å². The van der Waals surface area contributed by atoms with Crippen LogP contribution in [0.2, 0.25) is 0 Å². The standard InChI is InChI=1S/C14H21NO3/c15-9-10-1-3-11(4-2-10)14(17)18-13-7-5-12(16)6-8-13/h10-13,16H,1-8H2. The molecule has 2 fully saturated rings. The maximum atomic E-state index is 12.0. The number of hydrogen-bond donors (Lipinski definition) is 1. The lowest BCUT2D eigenvalue weighted by Gasteiger charge is -2.29. The SMILES string of the molecule is N#CC1CCC(C(=O)OC2CCC(O)CC2)CC1. The van der Waals surface area contributed by atoms with Gasteiger partial charge in [0.15, 0.2) is 0 Å². The Labute approximate surface area is 108 Å². The monoisotopic (exact) mass is 251 g/mol. The van der Waals surface area contributed by atoms with Gasteiger partial charge in [0, 0.05) is 5.92 Å². The Balaban J connectivity index is 1.74. The molecule has 0 bridgehead atoms. The number of nitriles is 1. The van der Waals surface area contributed by atoms with Crippen LogP contribution in [-0.2, 0) is 9.53 Å². The Morgan fingerprint density at radius 3 is 2.22 bits per heavy atom. The zero-order valence-corrected chi connectivity index (χ0v) is 10.7. The molecule has 0 aromatic carbocycles. The average Bonchev–Trinajstić information content (AvgIpc) is 2.41. The van der Waals surface area contributed by atoms with E-state index in [0.29, 0.717) is 0 Å². The molecule has 0 radical (unpaired) electrons. The Morgan fingerprint density at radius 1 is 1.06 bits per heavy atom. The minimum atomic E-state index is -0.217. The molecule has 18 heavy (non-hydrogen) atoms. The van der Waals surface area contributed by atoms with E-state index in [1.165, 1.54) is 0 Å². The number of rotatable bonds is 2. The predicted octanol–water partition coefficient (Wildman–Crippen LogP) is 2.16. The topological polar surface area (TPSA) is 70.3 Å². The maximum Gasteiger partial charge on any atom is 0.309 e. The van der Waals surface area contributed by atoms with Crippen LogP contribution in [0.1, 0.15) is 51.4 Å². The molecule has 0 heterocycles.